The molecule has 18 heavy (non-hydrogen) atoms. The van der Waals surface area contributed by atoms with E-state index in [-0.39, 0.29) is 17.2 Å². The normalized spacial score (nSPS) is 11.6. The third kappa shape index (κ3) is 2.91. The lowest BCUT2D eigenvalue weighted by Crippen LogP contribution is -2.25. The van der Waals surface area contributed by atoms with Gasteiger partial charge < -0.3 is 9.52 Å². The lowest BCUT2D eigenvalue weighted by molar-refractivity contribution is 0.457. The van der Waals surface area contributed by atoms with Crippen LogP contribution in [0.2, 0.25) is 0 Å². The third-order valence-electron chi connectivity index (χ3n) is 2.40. The van der Waals surface area contributed by atoms with E-state index < -0.39 is 10.0 Å². The van der Waals surface area contributed by atoms with Gasteiger partial charge >= 0.3 is 0 Å². The molecular formula is C12H13NO4S. The molecule has 0 unspecified atom stereocenters. The Bertz CT molecular complexity index is 605. The lowest BCUT2D eigenvalue weighted by atomic mass is 10.3. The van der Waals surface area contributed by atoms with Crippen molar-refractivity contribution in [3.8, 4) is 5.75 Å². The zero-order valence-electron chi connectivity index (χ0n) is 9.54. The topological polar surface area (TPSA) is 79.5 Å². The van der Waals surface area contributed by atoms with Gasteiger partial charge in [-0.05, 0) is 24.3 Å². The second-order valence-corrected chi connectivity index (χ2v) is 5.43. The van der Waals surface area contributed by atoms with Gasteiger partial charge in [-0.25, -0.2) is 13.1 Å². The first-order valence-corrected chi connectivity index (χ1v) is 6.88. The average Bonchev–Trinajstić information content (AvgIpc) is 2.82. The van der Waals surface area contributed by atoms with Crippen molar-refractivity contribution in [3.05, 3.63) is 48.4 Å². The number of hydrogen-bond donors (Lipinski definition) is 2. The van der Waals surface area contributed by atoms with Crippen molar-refractivity contribution in [1.82, 2.24) is 4.72 Å². The fourth-order valence-corrected chi connectivity index (χ4v) is 2.65. The average molecular weight is 267 g/mol. The summed E-state index contributed by atoms with van der Waals surface area (Å²) in [7, 11) is -3.69. The zero-order valence-corrected chi connectivity index (χ0v) is 10.4. The van der Waals surface area contributed by atoms with Gasteiger partial charge in [-0.3, -0.25) is 0 Å². The Kier molecular flexibility index (Phi) is 3.69. The molecule has 0 spiro atoms. The molecule has 0 bridgehead atoms. The third-order valence-corrected chi connectivity index (χ3v) is 3.91. The molecule has 2 aromatic rings. The van der Waals surface area contributed by atoms with Crippen molar-refractivity contribution < 1.29 is 17.9 Å². The van der Waals surface area contributed by atoms with Crippen LogP contribution in [0.15, 0.2) is 52.0 Å². The molecule has 0 aliphatic rings. The van der Waals surface area contributed by atoms with Crippen LogP contribution in [-0.4, -0.2) is 20.1 Å². The number of benzene rings is 1. The Morgan fingerprint density at radius 2 is 1.94 bits per heavy atom. The monoisotopic (exact) mass is 267 g/mol. The quantitative estimate of drug-likeness (QED) is 0.860. The molecule has 0 saturated heterocycles. The van der Waals surface area contributed by atoms with Crippen LogP contribution in [0, 0.1) is 0 Å². The largest absolute Gasteiger partial charge is 0.507 e. The Hall–Kier alpha value is -1.79. The standard InChI is InChI=1S/C12H13NO4S/c14-11-5-1-2-6-12(11)18(15,16)13-8-7-10-4-3-9-17-10/h1-6,9,13-14H,7-8H2. The smallest absolute Gasteiger partial charge is 0.244 e. The molecule has 6 heteroatoms. The number of para-hydroxylation sites is 1. The maximum atomic E-state index is 11.9. The molecule has 0 amide bonds. The number of sulfonamides is 1. The first kappa shape index (κ1) is 12.7. The molecule has 0 aliphatic carbocycles. The molecule has 2 rings (SSSR count). The highest BCUT2D eigenvalue weighted by molar-refractivity contribution is 7.89. The van der Waals surface area contributed by atoms with E-state index in [1.165, 1.54) is 18.4 Å². The lowest BCUT2D eigenvalue weighted by Gasteiger charge is -2.07. The number of furan rings is 1. The van der Waals surface area contributed by atoms with E-state index in [0.29, 0.717) is 12.2 Å². The van der Waals surface area contributed by atoms with Gasteiger partial charge in [-0.2, -0.15) is 0 Å². The van der Waals surface area contributed by atoms with Gasteiger partial charge in [-0.15, -0.1) is 0 Å². The van der Waals surface area contributed by atoms with Gasteiger partial charge in [-0.1, -0.05) is 12.1 Å². The van der Waals surface area contributed by atoms with E-state index in [4.69, 9.17) is 4.42 Å². The molecule has 0 saturated carbocycles. The van der Waals surface area contributed by atoms with Crippen LogP contribution < -0.4 is 4.72 Å². The first-order valence-electron chi connectivity index (χ1n) is 5.39. The van der Waals surface area contributed by atoms with Crippen LogP contribution in [-0.2, 0) is 16.4 Å². The molecule has 0 aliphatic heterocycles. The van der Waals surface area contributed by atoms with Crippen LogP contribution in [0.5, 0.6) is 5.75 Å². The molecule has 0 radical (unpaired) electrons. The summed E-state index contributed by atoms with van der Waals surface area (Å²) in [6, 6.07) is 9.32. The molecule has 0 atom stereocenters. The van der Waals surface area contributed by atoms with Gasteiger partial charge in [0.25, 0.3) is 0 Å². The molecule has 1 aromatic heterocycles. The van der Waals surface area contributed by atoms with Crippen molar-refractivity contribution in [2.75, 3.05) is 6.54 Å². The molecule has 96 valence electrons. The van der Waals surface area contributed by atoms with E-state index in [9.17, 15) is 13.5 Å². The van der Waals surface area contributed by atoms with E-state index in [0.717, 1.165) is 0 Å². The highest BCUT2D eigenvalue weighted by Crippen LogP contribution is 2.20. The Morgan fingerprint density at radius 3 is 2.61 bits per heavy atom. The van der Waals surface area contributed by atoms with E-state index in [2.05, 4.69) is 4.72 Å². The fraction of sp³-hybridized carbons (Fsp3) is 0.167. The summed E-state index contributed by atoms with van der Waals surface area (Å²) in [6.07, 6.45) is 1.99. The second-order valence-electron chi connectivity index (χ2n) is 3.69. The van der Waals surface area contributed by atoms with Gasteiger partial charge in [0.15, 0.2) is 0 Å². The van der Waals surface area contributed by atoms with Gasteiger partial charge in [0.2, 0.25) is 10.0 Å². The van der Waals surface area contributed by atoms with Crippen molar-refractivity contribution >= 4 is 10.0 Å². The van der Waals surface area contributed by atoms with E-state index >= 15 is 0 Å². The highest BCUT2D eigenvalue weighted by atomic mass is 32.2. The number of aromatic hydroxyl groups is 1. The van der Waals surface area contributed by atoms with Gasteiger partial charge in [0.1, 0.15) is 16.4 Å². The maximum absolute atomic E-state index is 11.9. The summed E-state index contributed by atoms with van der Waals surface area (Å²) >= 11 is 0. The van der Waals surface area contributed by atoms with Crippen LogP contribution in [0.4, 0.5) is 0 Å². The van der Waals surface area contributed by atoms with Crippen LogP contribution >= 0.6 is 0 Å². The summed E-state index contributed by atoms with van der Waals surface area (Å²) in [4.78, 5) is -0.121. The van der Waals surface area contributed by atoms with E-state index in [1.807, 2.05) is 0 Å². The number of phenols is 1. The molecule has 2 N–H and O–H groups in total. The number of nitrogens with one attached hydrogen (secondary N) is 1. The molecule has 1 heterocycles. The number of hydrogen-bond acceptors (Lipinski definition) is 4. The zero-order chi connectivity index (χ0) is 13.0. The Balaban J connectivity index is 2.02. The van der Waals surface area contributed by atoms with Crippen molar-refractivity contribution in [2.24, 2.45) is 0 Å². The second kappa shape index (κ2) is 5.24. The van der Waals surface area contributed by atoms with Gasteiger partial charge in [0.05, 0.1) is 6.26 Å². The minimum Gasteiger partial charge on any atom is -0.507 e. The fourth-order valence-electron chi connectivity index (χ4n) is 1.53. The summed E-state index contributed by atoms with van der Waals surface area (Å²) in [6.45, 7) is 0.212. The highest BCUT2D eigenvalue weighted by Gasteiger charge is 2.17. The molecule has 1 aromatic carbocycles. The maximum Gasteiger partial charge on any atom is 0.244 e. The van der Waals surface area contributed by atoms with Crippen molar-refractivity contribution in [1.29, 1.82) is 0 Å². The summed E-state index contributed by atoms with van der Waals surface area (Å²) in [5.41, 5.74) is 0. The molecule has 0 fully saturated rings. The summed E-state index contributed by atoms with van der Waals surface area (Å²) in [5.74, 6) is 0.443. The van der Waals surface area contributed by atoms with Crippen LogP contribution in [0.3, 0.4) is 0 Å². The van der Waals surface area contributed by atoms with E-state index in [1.54, 1.807) is 24.3 Å². The predicted octanol–water partition coefficient (Wildman–Crippen LogP) is 1.51. The molecule has 5 nitrogen and oxygen atoms in total. The summed E-state index contributed by atoms with van der Waals surface area (Å²) < 4.78 is 31.3. The predicted molar refractivity (Wildman–Crippen MR) is 65.7 cm³/mol. The number of phenolic OH excluding ortho intramolecular Hbond substituents is 1. The van der Waals surface area contributed by atoms with Crippen LogP contribution in [0.25, 0.3) is 0 Å². The number of rotatable bonds is 5. The Morgan fingerprint density at radius 1 is 1.17 bits per heavy atom. The van der Waals surface area contributed by atoms with Crippen LogP contribution in [0.1, 0.15) is 5.76 Å². The van der Waals surface area contributed by atoms with Gasteiger partial charge in [0, 0.05) is 13.0 Å². The molecular weight excluding hydrogens is 254 g/mol. The van der Waals surface area contributed by atoms with Crippen molar-refractivity contribution in [3.63, 3.8) is 0 Å². The SMILES string of the molecule is O=S(=O)(NCCc1ccco1)c1ccccc1O. The van der Waals surface area contributed by atoms with Crippen molar-refractivity contribution in [2.45, 2.75) is 11.3 Å². The first-order chi connectivity index (χ1) is 8.59. The summed E-state index contributed by atoms with van der Waals surface area (Å²) in [5, 5.41) is 9.49. The minimum atomic E-state index is -3.69. The minimum absolute atomic E-state index is 0.121. The Labute approximate surface area is 105 Å².